The summed E-state index contributed by atoms with van der Waals surface area (Å²) >= 11 is 0. The first kappa shape index (κ1) is 20.9. The molecule has 0 aliphatic carbocycles. The average molecular weight is 387 g/mol. The Kier molecular flexibility index (Phi) is 7.57. The molecule has 2 heterocycles. The number of rotatable bonds is 6. The first-order valence-electron chi connectivity index (χ1n) is 10.9. The second-order valence-corrected chi connectivity index (χ2v) is 8.27. The van der Waals surface area contributed by atoms with E-state index in [0.717, 1.165) is 38.7 Å². The van der Waals surface area contributed by atoms with Crippen molar-refractivity contribution < 1.29 is 0 Å². The first-order chi connectivity index (χ1) is 13.6. The van der Waals surface area contributed by atoms with Crippen LogP contribution in [-0.2, 0) is 0 Å². The fourth-order valence-corrected chi connectivity index (χ4v) is 4.07. The van der Waals surface area contributed by atoms with E-state index in [-0.39, 0.29) is 6.04 Å². The zero-order valence-electron chi connectivity index (χ0n) is 18.1. The number of hydrogen-bond acceptors (Lipinski definition) is 4. The van der Waals surface area contributed by atoms with Crippen molar-refractivity contribution >= 4 is 11.6 Å². The van der Waals surface area contributed by atoms with Gasteiger partial charge in [0, 0.05) is 51.0 Å². The number of benzene rings is 1. The third kappa shape index (κ3) is 5.61. The molecule has 0 aromatic heterocycles. The van der Waals surface area contributed by atoms with Crippen LogP contribution in [0.5, 0.6) is 0 Å². The lowest BCUT2D eigenvalue weighted by Crippen LogP contribution is -2.51. The van der Waals surface area contributed by atoms with E-state index in [1.54, 1.807) is 0 Å². The van der Waals surface area contributed by atoms with Gasteiger partial charge in [0.05, 0.1) is 12.6 Å². The molecule has 28 heavy (non-hydrogen) atoms. The number of nitrogens with zero attached hydrogens (tertiary/aromatic N) is 4. The van der Waals surface area contributed by atoms with Crippen molar-refractivity contribution in [1.82, 2.24) is 20.4 Å². The molecule has 6 nitrogen and oxygen atoms in total. The van der Waals surface area contributed by atoms with E-state index in [1.165, 1.54) is 37.2 Å². The molecule has 2 unspecified atom stereocenters. The van der Waals surface area contributed by atoms with Crippen LogP contribution in [0.25, 0.3) is 0 Å². The maximum Gasteiger partial charge on any atom is 0.191 e. The Hall–Kier alpha value is -1.79. The highest BCUT2D eigenvalue weighted by Gasteiger charge is 2.22. The largest absolute Gasteiger partial charge is 0.372 e. The number of hydrogen-bond donors (Lipinski definition) is 2. The minimum absolute atomic E-state index is 0.215. The molecule has 2 N–H and O–H groups in total. The van der Waals surface area contributed by atoms with E-state index < -0.39 is 0 Å². The minimum atomic E-state index is 0.215. The Balaban J connectivity index is 1.63. The molecule has 1 aromatic rings. The van der Waals surface area contributed by atoms with Gasteiger partial charge in [-0.3, -0.25) is 9.89 Å². The number of aliphatic imine (C=N–C) groups is 1. The molecule has 1 aromatic carbocycles. The minimum Gasteiger partial charge on any atom is -0.372 e. The molecule has 2 saturated heterocycles. The Bertz CT molecular complexity index is 640. The summed E-state index contributed by atoms with van der Waals surface area (Å²) in [4.78, 5) is 12.2. The third-order valence-electron chi connectivity index (χ3n) is 5.98. The predicted octanol–water partition coefficient (Wildman–Crippen LogP) is 2.15. The number of piperazine rings is 1. The quantitative estimate of drug-likeness (QED) is 0.579. The molecule has 0 saturated carbocycles. The fraction of sp³-hybridized carbons (Fsp3) is 0.682. The molecule has 2 aliphatic heterocycles. The Morgan fingerprint density at radius 2 is 1.96 bits per heavy atom. The zero-order valence-corrected chi connectivity index (χ0v) is 18.1. The van der Waals surface area contributed by atoms with Crippen LogP contribution in [0.1, 0.15) is 38.3 Å². The zero-order chi connectivity index (χ0) is 19.9. The van der Waals surface area contributed by atoms with E-state index in [4.69, 9.17) is 4.99 Å². The van der Waals surface area contributed by atoms with Gasteiger partial charge in [0.2, 0.25) is 0 Å². The van der Waals surface area contributed by atoms with Crippen molar-refractivity contribution in [3.05, 3.63) is 29.8 Å². The molecular formula is C22H38N6. The van der Waals surface area contributed by atoms with Gasteiger partial charge in [-0.15, -0.1) is 0 Å². The van der Waals surface area contributed by atoms with Gasteiger partial charge >= 0.3 is 0 Å². The maximum absolute atomic E-state index is 4.90. The summed E-state index contributed by atoms with van der Waals surface area (Å²) < 4.78 is 0. The van der Waals surface area contributed by atoms with Crippen LogP contribution in [-0.4, -0.2) is 81.7 Å². The SMILES string of the molecule is CCNC(=NCC1CN(C)CCN1C)NC(C)c1cccc(N2CCCC2)c1. The van der Waals surface area contributed by atoms with Gasteiger partial charge in [-0.1, -0.05) is 12.1 Å². The molecule has 2 aliphatic rings. The molecule has 2 fully saturated rings. The highest BCUT2D eigenvalue weighted by molar-refractivity contribution is 5.80. The van der Waals surface area contributed by atoms with E-state index in [0.29, 0.717) is 6.04 Å². The normalized spacial score (nSPS) is 23.1. The van der Waals surface area contributed by atoms with Crippen LogP contribution in [0.3, 0.4) is 0 Å². The van der Waals surface area contributed by atoms with Gasteiger partial charge < -0.3 is 20.4 Å². The van der Waals surface area contributed by atoms with Crippen molar-refractivity contribution in [2.75, 3.05) is 64.8 Å². The van der Waals surface area contributed by atoms with Gasteiger partial charge in [0.25, 0.3) is 0 Å². The molecule has 0 amide bonds. The van der Waals surface area contributed by atoms with Gasteiger partial charge in [-0.05, 0) is 58.5 Å². The number of likely N-dealkylation sites (N-methyl/N-ethyl adjacent to an activating group) is 2. The predicted molar refractivity (Wildman–Crippen MR) is 119 cm³/mol. The smallest absolute Gasteiger partial charge is 0.191 e. The van der Waals surface area contributed by atoms with Crippen LogP contribution >= 0.6 is 0 Å². The van der Waals surface area contributed by atoms with Crippen LogP contribution in [0.15, 0.2) is 29.3 Å². The molecule has 156 valence electrons. The topological polar surface area (TPSA) is 46.1 Å². The monoisotopic (exact) mass is 386 g/mol. The summed E-state index contributed by atoms with van der Waals surface area (Å²) in [5.74, 6) is 0.906. The van der Waals surface area contributed by atoms with Crippen molar-refractivity contribution in [1.29, 1.82) is 0 Å². The van der Waals surface area contributed by atoms with Crippen LogP contribution < -0.4 is 15.5 Å². The van der Waals surface area contributed by atoms with Gasteiger partial charge in [0.15, 0.2) is 5.96 Å². The average Bonchev–Trinajstić information content (AvgIpc) is 3.23. The van der Waals surface area contributed by atoms with E-state index >= 15 is 0 Å². The second-order valence-electron chi connectivity index (χ2n) is 8.27. The first-order valence-corrected chi connectivity index (χ1v) is 10.9. The lowest BCUT2D eigenvalue weighted by Gasteiger charge is -2.37. The molecule has 0 spiro atoms. The van der Waals surface area contributed by atoms with Crippen molar-refractivity contribution in [3.8, 4) is 0 Å². The van der Waals surface area contributed by atoms with Gasteiger partial charge in [0.1, 0.15) is 0 Å². The number of guanidine groups is 1. The Labute approximate surface area is 171 Å². The fourth-order valence-electron chi connectivity index (χ4n) is 4.07. The van der Waals surface area contributed by atoms with Crippen molar-refractivity contribution in [2.24, 2.45) is 4.99 Å². The molecule has 3 rings (SSSR count). The second kappa shape index (κ2) is 10.1. The lowest BCUT2D eigenvalue weighted by molar-refractivity contribution is 0.119. The molecule has 6 heteroatoms. The molecule has 0 bridgehead atoms. The number of nitrogens with one attached hydrogen (secondary N) is 2. The molecular weight excluding hydrogens is 348 g/mol. The Morgan fingerprint density at radius 3 is 2.71 bits per heavy atom. The highest BCUT2D eigenvalue weighted by atomic mass is 15.3. The lowest BCUT2D eigenvalue weighted by atomic mass is 10.1. The summed E-state index contributed by atoms with van der Waals surface area (Å²) in [6, 6.07) is 9.64. The van der Waals surface area contributed by atoms with Gasteiger partial charge in [-0.2, -0.15) is 0 Å². The Morgan fingerprint density at radius 1 is 1.18 bits per heavy atom. The summed E-state index contributed by atoms with van der Waals surface area (Å²) in [5.41, 5.74) is 2.65. The maximum atomic E-state index is 4.90. The third-order valence-corrected chi connectivity index (χ3v) is 5.98. The molecule has 0 radical (unpaired) electrons. The highest BCUT2D eigenvalue weighted by Crippen LogP contribution is 2.24. The summed E-state index contributed by atoms with van der Waals surface area (Å²) in [5, 5.41) is 7.02. The van der Waals surface area contributed by atoms with Crippen molar-refractivity contribution in [2.45, 2.75) is 38.8 Å². The van der Waals surface area contributed by atoms with E-state index in [1.807, 2.05) is 0 Å². The molecule has 2 atom stereocenters. The van der Waals surface area contributed by atoms with Crippen LogP contribution in [0.2, 0.25) is 0 Å². The van der Waals surface area contributed by atoms with Crippen LogP contribution in [0.4, 0.5) is 5.69 Å². The van der Waals surface area contributed by atoms with Crippen LogP contribution in [0, 0.1) is 0 Å². The van der Waals surface area contributed by atoms with Crippen molar-refractivity contribution in [3.63, 3.8) is 0 Å². The summed E-state index contributed by atoms with van der Waals surface area (Å²) in [6.45, 7) is 11.7. The van der Waals surface area contributed by atoms with Gasteiger partial charge in [-0.25, -0.2) is 0 Å². The summed E-state index contributed by atoms with van der Waals surface area (Å²) in [7, 11) is 4.41. The number of anilines is 1. The van der Waals surface area contributed by atoms with E-state index in [2.05, 4.69) is 77.5 Å². The standard InChI is InChI=1S/C22H38N6/c1-5-23-22(24-16-21-17-26(3)13-14-27(21)4)25-18(2)19-9-8-10-20(15-19)28-11-6-7-12-28/h8-10,15,18,21H,5-7,11-14,16-17H2,1-4H3,(H2,23,24,25). The van der Waals surface area contributed by atoms with E-state index in [9.17, 15) is 0 Å². The summed E-state index contributed by atoms with van der Waals surface area (Å²) in [6.07, 6.45) is 2.61.